The molecule has 16 heteroatoms. The zero-order chi connectivity index (χ0) is 30.5. The third kappa shape index (κ3) is 9.28. The molecule has 2 fully saturated rings. The van der Waals surface area contributed by atoms with Gasteiger partial charge in [0.25, 0.3) is 3.79 Å². The van der Waals surface area contributed by atoms with Gasteiger partial charge in [0.05, 0.1) is 20.3 Å². The highest BCUT2D eigenvalue weighted by Crippen LogP contribution is 2.37. The molecule has 2 aromatic carbocycles. The van der Waals surface area contributed by atoms with Gasteiger partial charge in [-0.05, 0) is 17.7 Å². The molecule has 0 spiro atoms. The van der Waals surface area contributed by atoms with E-state index in [1.54, 1.807) is 19.2 Å². The molecule has 0 radical (unpaired) electrons. The zero-order valence-electron chi connectivity index (χ0n) is 21.8. The Balaban J connectivity index is 1.64. The maximum Gasteiger partial charge on any atom is 0.407 e. The molecule has 4 rings (SSSR count). The number of alkyl carbamates (subject to hydrolysis) is 1. The van der Waals surface area contributed by atoms with Gasteiger partial charge in [0.2, 0.25) is 16.0 Å². The van der Waals surface area contributed by atoms with Crippen molar-refractivity contribution in [1.29, 1.82) is 5.41 Å². The number of halogens is 6. The molecule has 0 aromatic heterocycles. The highest BCUT2D eigenvalue weighted by Gasteiger charge is 2.53. The minimum atomic E-state index is -2.22. The summed E-state index contributed by atoms with van der Waals surface area (Å²) in [4.78, 5) is 12.8. The van der Waals surface area contributed by atoms with Gasteiger partial charge < -0.3 is 38.5 Å². The predicted molar refractivity (Wildman–Crippen MR) is 158 cm³/mol. The highest BCUT2D eigenvalue weighted by atomic mass is 35.6. The van der Waals surface area contributed by atoms with Gasteiger partial charge in [-0.3, -0.25) is 5.41 Å². The normalized spacial score (nSPS) is 26.1. The van der Waals surface area contributed by atoms with E-state index in [0.29, 0.717) is 5.75 Å². The number of nitrogens with one attached hydrogen (secondary N) is 2. The van der Waals surface area contributed by atoms with E-state index in [1.165, 1.54) is 0 Å². The molecule has 230 valence electrons. The first-order valence-electron chi connectivity index (χ1n) is 12.4. The van der Waals surface area contributed by atoms with Gasteiger partial charge in [-0.1, -0.05) is 112 Å². The molecule has 1 unspecified atom stereocenters. The fourth-order valence-electron chi connectivity index (χ4n) is 4.23. The van der Waals surface area contributed by atoms with Crippen LogP contribution in [-0.4, -0.2) is 70.5 Å². The van der Waals surface area contributed by atoms with Crippen molar-refractivity contribution in [2.45, 2.75) is 51.1 Å². The van der Waals surface area contributed by atoms with Crippen LogP contribution in [0.15, 0.2) is 54.6 Å². The van der Waals surface area contributed by atoms with Crippen LogP contribution >= 0.6 is 69.6 Å². The summed E-state index contributed by atoms with van der Waals surface area (Å²) < 4.78 is 36.5. The summed E-state index contributed by atoms with van der Waals surface area (Å²) in [5.74, 6) is -0.0932. The van der Waals surface area contributed by atoms with Crippen molar-refractivity contribution in [2.24, 2.45) is 0 Å². The molecule has 2 saturated heterocycles. The molecular formula is C26H26Cl6N2O8. The Labute approximate surface area is 272 Å². The van der Waals surface area contributed by atoms with E-state index in [0.717, 1.165) is 11.1 Å². The number of methoxy groups -OCH3 is 1. The van der Waals surface area contributed by atoms with E-state index < -0.39 is 63.1 Å². The third-order valence-electron chi connectivity index (χ3n) is 6.16. The van der Waals surface area contributed by atoms with Gasteiger partial charge in [0, 0.05) is 5.56 Å². The Morgan fingerprint density at radius 2 is 1.71 bits per heavy atom. The van der Waals surface area contributed by atoms with Crippen LogP contribution in [0.25, 0.3) is 0 Å². The molecule has 0 saturated carbocycles. The van der Waals surface area contributed by atoms with E-state index in [4.69, 9.17) is 108 Å². The summed E-state index contributed by atoms with van der Waals surface area (Å²) in [5, 5.41) is 10.7. The van der Waals surface area contributed by atoms with Gasteiger partial charge in [-0.25, -0.2) is 4.79 Å². The van der Waals surface area contributed by atoms with Crippen molar-refractivity contribution >= 4 is 81.6 Å². The summed E-state index contributed by atoms with van der Waals surface area (Å²) >= 11 is 34.8. The smallest absolute Gasteiger partial charge is 0.407 e. The molecule has 42 heavy (non-hydrogen) atoms. The lowest BCUT2D eigenvalue weighted by Crippen LogP contribution is -2.68. The third-order valence-corrected chi connectivity index (χ3v) is 7.00. The maximum absolute atomic E-state index is 12.8. The summed E-state index contributed by atoms with van der Waals surface area (Å²) in [5.41, 5.74) is 1.54. The number of fused-ring (bicyclic) bond motifs is 1. The molecule has 2 aliphatic rings. The summed E-state index contributed by atoms with van der Waals surface area (Å²) in [6.07, 6.45) is -5.70. The van der Waals surface area contributed by atoms with E-state index in [2.05, 4.69) is 5.32 Å². The number of alkyl halides is 6. The molecule has 2 N–H and O–H groups in total. The van der Waals surface area contributed by atoms with Gasteiger partial charge in [0.15, 0.2) is 6.29 Å². The number of hydrogen-bond acceptors (Lipinski definition) is 9. The van der Waals surface area contributed by atoms with Crippen LogP contribution in [0.1, 0.15) is 17.4 Å². The van der Waals surface area contributed by atoms with Crippen LogP contribution < -0.4 is 10.1 Å². The molecule has 0 bridgehead atoms. The number of benzene rings is 2. The topological polar surface area (TPSA) is 118 Å². The molecular weight excluding hydrogens is 681 g/mol. The van der Waals surface area contributed by atoms with Crippen molar-refractivity contribution in [3.63, 3.8) is 0 Å². The Morgan fingerprint density at radius 1 is 1.02 bits per heavy atom. The lowest BCUT2D eigenvalue weighted by atomic mass is 9.95. The number of carbonyl (C=O) groups excluding carboxylic acids is 1. The predicted octanol–water partition coefficient (Wildman–Crippen LogP) is 6.25. The van der Waals surface area contributed by atoms with Crippen LogP contribution in [0.3, 0.4) is 0 Å². The Morgan fingerprint density at radius 3 is 2.33 bits per heavy atom. The quantitative estimate of drug-likeness (QED) is 0.188. The maximum atomic E-state index is 12.8. The number of carbonyl (C=O) groups is 1. The average Bonchev–Trinajstić information content (AvgIpc) is 2.95. The van der Waals surface area contributed by atoms with E-state index >= 15 is 0 Å². The van der Waals surface area contributed by atoms with E-state index in [1.807, 2.05) is 42.5 Å². The second kappa shape index (κ2) is 14.6. The fourth-order valence-corrected chi connectivity index (χ4v) is 4.52. The largest absolute Gasteiger partial charge is 0.497 e. The van der Waals surface area contributed by atoms with E-state index in [9.17, 15) is 4.79 Å². The lowest BCUT2D eigenvalue weighted by Gasteiger charge is -2.49. The minimum absolute atomic E-state index is 0.0536. The Bertz CT molecular complexity index is 1200. The van der Waals surface area contributed by atoms with Gasteiger partial charge in [-0.2, -0.15) is 0 Å². The fraction of sp³-hybridized carbons (Fsp3) is 0.462. The van der Waals surface area contributed by atoms with Crippen molar-refractivity contribution < 1.29 is 38.0 Å². The Kier molecular flexibility index (Phi) is 11.6. The monoisotopic (exact) mass is 704 g/mol. The van der Waals surface area contributed by atoms with Gasteiger partial charge >= 0.3 is 6.09 Å². The second-order valence-corrected chi connectivity index (χ2v) is 13.9. The van der Waals surface area contributed by atoms with Crippen LogP contribution in [0.5, 0.6) is 5.75 Å². The van der Waals surface area contributed by atoms with Gasteiger partial charge in [-0.15, -0.1) is 0 Å². The highest BCUT2D eigenvalue weighted by molar-refractivity contribution is 6.76. The zero-order valence-corrected chi connectivity index (χ0v) is 26.4. The Hall–Kier alpha value is -1.44. The standard InChI is InChI=1S/C26H26Cl6N2O8/c1-36-16-9-7-14(8-10-16)11-37-20-18(34-24(35)39-13-25(27,28)29)22(42-23(33)26(30,31)32)40-17-12-38-21(41-19(17)20)15-5-3-2-4-6-15/h2-10,17-22,33H,11-13H2,1H3,(H,34,35)/t17-,18-,19-,20-,21-,22?/m1/s1. The first-order chi connectivity index (χ1) is 19.8. The van der Waals surface area contributed by atoms with Gasteiger partial charge in [0.1, 0.15) is 36.7 Å². The summed E-state index contributed by atoms with van der Waals surface area (Å²) in [7, 11) is 1.56. The van der Waals surface area contributed by atoms with Crippen molar-refractivity contribution in [2.75, 3.05) is 20.3 Å². The molecule has 6 atom stereocenters. The van der Waals surface area contributed by atoms with E-state index in [-0.39, 0.29) is 13.2 Å². The summed E-state index contributed by atoms with van der Waals surface area (Å²) in [6, 6.07) is 15.3. The average molecular weight is 707 g/mol. The number of hydrogen-bond donors (Lipinski definition) is 2. The first kappa shape index (κ1) is 33.5. The van der Waals surface area contributed by atoms with Crippen LogP contribution in [0.4, 0.5) is 4.79 Å². The molecule has 2 aliphatic heterocycles. The molecule has 2 heterocycles. The molecule has 0 aliphatic carbocycles. The lowest BCUT2D eigenvalue weighted by molar-refractivity contribution is -0.341. The van der Waals surface area contributed by atoms with Crippen LogP contribution in [-0.2, 0) is 35.0 Å². The molecule has 10 nitrogen and oxygen atoms in total. The molecule has 2 aromatic rings. The minimum Gasteiger partial charge on any atom is -0.497 e. The molecule has 1 amide bonds. The van der Waals surface area contributed by atoms with Crippen LogP contribution in [0.2, 0.25) is 0 Å². The number of amides is 1. The van der Waals surface area contributed by atoms with Crippen molar-refractivity contribution in [1.82, 2.24) is 5.32 Å². The van der Waals surface area contributed by atoms with Crippen molar-refractivity contribution in [3.8, 4) is 5.75 Å². The summed E-state index contributed by atoms with van der Waals surface area (Å²) in [6.45, 7) is -0.428. The number of ether oxygens (including phenoxy) is 7. The SMILES string of the molecule is COc1ccc(CO[C@H]2[C@@H]3O[C@H](c4ccccc4)OC[C@H]3OC(OC(=N)C(Cl)(Cl)Cl)[C@@H]2NC(=O)OCC(Cl)(Cl)Cl)cc1. The second-order valence-electron chi connectivity index (χ2n) is 9.15. The first-order valence-corrected chi connectivity index (χ1v) is 14.7. The van der Waals surface area contributed by atoms with Crippen LogP contribution in [0, 0.1) is 5.41 Å². The van der Waals surface area contributed by atoms with Crippen molar-refractivity contribution in [3.05, 3.63) is 65.7 Å². The number of rotatable bonds is 8.